The molecular weight excluding hydrogens is 392 g/mol. The summed E-state index contributed by atoms with van der Waals surface area (Å²) in [5.74, 6) is 0.278. The van der Waals surface area contributed by atoms with Crippen LogP contribution in [0.2, 0.25) is 0 Å². The van der Waals surface area contributed by atoms with E-state index in [1.807, 2.05) is 0 Å². The molecule has 32 heavy (non-hydrogen) atoms. The molecule has 2 aliphatic rings. The van der Waals surface area contributed by atoms with Crippen LogP contribution in [-0.4, -0.2) is 18.9 Å². The summed E-state index contributed by atoms with van der Waals surface area (Å²) in [5, 5.41) is 6.19. The molecule has 5 rings (SSSR count). The number of fused-ring (bicyclic) bond motifs is 4. The van der Waals surface area contributed by atoms with E-state index in [1.54, 1.807) is 0 Å². The van der Waals surface area contributed by atoms with Crippen molar-refractivity contribution in [3.8, 4) is 0 Å². The third-order valence-electron chi connectivity index (χ3n) is 7.09. The fraction of sp³-hybridized carbons (Fsp3) is 0.345. The zero-order valence-corrected chi connectivity index (χ0v) is 19.5. The number of anilines is 2. The van der Waals surface area contributed by atoms with Gasteiger partial charge in [-0.2, -0.15) is 0 Å². The molecule has 0 aromatic heterocycles. The lowest BCUT2D eigenvalue weighted by Crippen LogP contribution is -2.33. The molecule has 1 atom stereocenters. The second-order valence-corrected chi connectivity index (χ2v) is 9.88. The molecule has 3 aromatic rings. The number of nitrogens with one attached hydrogen (secondary N) is 1. The first-order valence-corrected chi connectivity index (χ1v) is 11.8. The number of nitrogens with zero attached hydrogens (tertiary/aromatic N) is 1. The molecule has 3 heteroatoms. The zero-order valence-electron chi connectivity index (χ0n) is 19.5. The summed E-state index contributed by atoms with van der Waals surface area (Å²) in [4.78, 5) is 15.9. The summed E-state index contributed by atoms with van der Waals surface area (Å²) in [7, 11) is 0. The Balaban J connectivity index is 1.67. The Kier molecular flexibility index (Phi) is 5.08. The molecule has 1 heterocycles. The van der Waals surface area contributed by atoms with Gasteiger partial charge in [-0.15, -0.1) is 0 Å². The van der Waals surface area contributed by atoms with Crippen molar-refractivity contribution in [1.29, 1.82) is 0 Å². The van der Waals surface area contributed by atoms with Gasteiger partial charge in [-0.3, -0.25) is 4.79 Å². The van der Waals surface area contributed by atoms with E-state index in [9.17, 15) is 4.79 Å². The second-order valence-electron chi connectivity index (χ2n) is 9.88. The van der Waals surface area contributed by atoms with E-state index in [4.69, 9.17) is 0 Å². The highest BCUT2D eigenvalue weighted by atomic mass is 16.1. The van der Waals surface area contributed by atoms with E-state index in [0.717, 1.165) is 36.3 Å². The van der Waals surface area contributed by atoms with Gasteiger partial charge in [0.1, 0.15) is 0 Å². The molecule has 0 saturated heterocycles. The number of carbonyl (C=O) groups excluding carboxylic acids is 1. The number of Topliss-reactive ketones (excluding diaryl/α,β-unsaturated/α-hetero) is 1. The predicted molar refractivity (Wildman–Crippen MR) is 135 cm³/mol. The van der Waals surface area contributed by atoms with Crippen LogP contribution in [0.4, 0.5) is 11.4 Å². The summed E-state index contributed by atoms with van der Waals surface area (Å²) in [6.45, 7) is 10.8. The zero-order chi connectivity index (χ0) is 22.5. The Morgan fingerprint density at radius 1 is 0.938 bits per heavy atom. The fourth-order valence-electron chi connectivity index (χ4n) is 5.55. The Morgan fingerprint density at radius 3 is 2.38 bits per heavy atom. The first-order valence-electron chi connectivity index (χ1n) is 11.8. The number of rotatable bonds is 4. The summed E-state index contributed by atoms with van der Waals surface area (Å²) >= 11 is 0. The van der Waals surface area contributed by atoms with Crippen LogP contribution in [0, 0.1) is 5.41 Å². The topological polar surface area (TPSA) is 32.3 Å². The highest BCUT2D eigenvalue weighted by Gasteiger charge is 2.40. The maximum Gasteiger partial charge on any atom is 0.162 e. The van der Waals surface area contributed by atoms with Crippen LogP contribution in [-0.2, 0) is 4.79 Å². The van der Waals surface area contributed by atoms with Crippen LogP contribution < -0.4 is 10.2 Å². The molecule has 0 fully saturated rings. The number of allylic oxidation sites excluding steroid dienone is 1. The molecule has 3 aromatic carbocycles. The van der Waals surface area contributed by atoms with Gasteiger partial charge in [0.05, 0.1) is 6.04 Å². The fourth-order valence-corrected chi connectivity index (χ4v) is 5.55. The molecule has 0 radical (unpaired) electrons. The van der Waals surface area contributed by atoms with Gasteiger partial charge in [0.25, 0.3) is 0 Å². The molecule has 0 amide bonds. The van der Waals surface area contributed by atoms with E-state index >= 15 is 0 Å². The first-order chi connectivity index (χ1) is 15.4. The monoisotopic (exact) mass is 424 g/mol. The maximum atomic E-state index is 13.5. The molecule has 0 unspecified atom stereocenters. The first kappa shape index (κ1) is 20.8. The standard InChI is InChI=1S/C29H32N2O/c1-5-31(6-2)21-14-11-20(12-15-21)28-27-23(17-29(3,4)18-25(27)32)26-22-10-8-7-9-19(22)13-16-24(26)30-28/h7-16,28,30H,5-6,17-18H2,1-4H3/t28-/m0/s1. The summed E-state index contributed by atoms with van der Waals surface area (Å²) < 4.78 is 0. The number of hydrogen-bond donors (Lipinski definition) is 1. The van der Waals surface area contributed by atoms with Crippen molar-refractivity contribution in [3.05, 3.63) is 77.4 Å². The summed E-state index contributed by atoms with van der Waals surface area (Å²) in [5.41, 5.74) is 6.89. The van der Waals surface area contributed by atoms with Crippen molar-refractivity contribution in [2.45, 2.75) is 46.6 Å². The molecule has 0 bridgehead atoms. The minimum Gasteiger partial charge on any atom is -0.373 e. The maximum absolute atomic E-state index is 13.5. The van der Waals surface area contributed by atoms with Gasteiger partial charge in [-0.25, -0.2) is 0 Å². The lowest BCUT2D eigenvalue weighted by molar-refractivity contribution is -0.118. The number of benzene rings is 3. The lowest BCUT2D eigenvalue weighted by atomic mass is 9.68. The van der Waals surface area contributed by atoms with E-state index in [1.165, 1.54) is 27.6 Å². The second kappa shape index (κ2) is 7.81. The van der Waals surface area contributed by atoms with Crippen LogP contribution in [0.25, 0.3) is 16.3 Å². The average molecular weight is 425 g/mol. The normalized spacial score (nSPS) is 19.4. The number of hydrogen-bond acceptors (Lipinski definition) is 3. The van der Waals surface area contributed by atoms with Crippen molar-refractivity contribution < 1.29 is 4.79 Å². The number of ketones is 1. The molecule has 0 spiro atoms. The Bertz CT molecular complexity index is 1220. The highest BCUT2D eigenvalue weighted by Crippen LogP contribution is 2.52. The minimum atomic E-state index is -0.104. The third kappa shape index (κ3) is 3.40. The van der Waals surface area contributed by atoms with Crippen LogP contribution in [0.1, 0.15) is 57.7 Å². The molecule has 164 valence electrons. The molecular formula is C29H32N2O. The van der Waals surface area contributed by atoms with E-state index in [2.05, 4.69) is 98.6 Å². The highest BCUT2D eigenvalue weighted by molar-refractivity contribution is 6.12. The van der Waals surface area contributed by atoms with E-state index in [-0.39, 0.29) is 17.2 Å². The SMILES string of the molecule is CCN(CC)c1ccc([C@@H]2Nc3ccc4ccccc4c3C3=C2C(=O)CC(C)(C)C3)cc1. The lowest BCUT2D eigenvalue weighted by Gasteiger charge is -2.40. The Labute approximate surface area is 191 Å². The van der Waals surface area contributed by atoms with Crippen molar-refractivity contribution in [1.82, 2.24) is 0 Å². The third-order valence-corrected chi connectivity index (χ3v) is 7.09. The van der Waals surface area contributed by atoms with E-state index < -0.39 is 0 Å². The molecule has 1 aliphatic heterocycles. The van der Waals surface area contributed by atoms with Gasteiger partial charge in [0.2, 0.25) is 0 Å². The van der Waals surface area contributed by atoms with Gasteiger partial charge in [0.15, 0.2) is 5.78 Å². The van der Waals surface area contributed by atoms with Crippen LogP contribution in [0.5, 0.6) is 0 Å². The van der Waals surface area contributed by atoms with Crippen LogP contribution in [0.3, 0.4) is 0 Å². The molecule has 0 saturated carbocycles. The smallest absolute Gasteiger partial charge is 0.162 e. The molecule has 1 aliphatic carbocycles. The predicted octanol–water partition coefficient (Wildman–Crippen LogP) is 7.00. The van der Waals surface area contributed by atoms with Gasteiger partial charge in [0, 0.05) is 42.0 Å². The Hall–Kier alpha value is -3.07. The summed E-state index contributed by atoms with van der Waals surface area (Å²) in [6, 6.07) is 21.5. The number of carbonyl (C=O) groups is 1. The molecule has 1 N–H and O–H groups in total. The van der Waals surface area contributed by atoms with Crippen molar-refractivity contribution >= 4 is 33.5 Å². The van der Waals surface area contributed by atoms with Gasteiger partial charge < -0.3 is 10.2 Å². The van der Waals surface area contributed by atoms with Crippen molar-refractivity contribution in [2.75, 3.05) is 23.3 Å². The van der Waals surface area contributed by atoms with Crippen LogP contribution in [0.15, 0.2) is 66.2 Å². The average Bonchev–Trinajstić information content (AvgIpc) is 2.78. The van der Waals surface area contributed by atoms with Crippen molar-refractivity contribution in [3.63, 3.8) is 0 Å². The van der Waals surface area contributed by atoms with Crippen LogP contribution >= 0.6 is 0 Å². The van der Waals surface area contributed by atoms with Crippen molar-refractivity contribution in [2.24, 2.45) is 5.41 Å². The van der Waals surface area contributed by atoms with Gasteiger partial charge in [-0.1, -0.05) is 56.3 Å². The quantitative estimate of drug-likeness (QED) is 0.489. The van der Waals surface area contributed by atoms with Gasteiger partial charge >= 0.3 is 0 Å². The summed E-state index contributed by atoms with van der Waals surface area (Å²) in [6.07, 6.45) is 1.52. The minimum absolute atomic E-state index is 0.0291. The Morgan fingerprint density at radius 2 is 1.66 bits per heavy atom. The van der Waals surface area contributed by atoms with E-state index in [0.29, 0.717) is 6.42 Å². The largest absolute Gasteiger partial charge is 0.373 e. The van der Waals surface area contributed by atoms with Gasteiger partial charge in [-0.05, 0) is 65.8 Å². The molecule has 3 nitrogen and oxygen atoms in total.